The minimum absolute atomic E-state index is 0.260. The van der Waals surface area contributed by atoms with E-state index in [1.54, 1.807) is 14.0 Å². The van der Waals surface area contributed by atoms with Crippen molar-refractivity contribution in [2.45, 2.75) is 39.8 Å². The maximum Gasteiger partial charge on any atom is 0.128 e. The minimum Gasteiger partial charge on any atom is -0.496 e. The van der Waals surface area contributed by atoms with Gasteiger partial charge in [0.2, 0.25) is 0 Å². The van der Waals surface area contributed by atoms with E-state index in [-0.39, 0.29) is 6.10 Å². The Morgan fingerprint density at radius 1 is 1.47 bits per heavy atom. The van der Waals surface area contributed by atoms with E-state index in [9.17, 15) is 0 Å². The summed E-state index contributed by atoms with van der Waals surface area (Å²) in [5, 5.41) is 12.4. The van der Waals surface area contributed by atoms with Crippen LogP contribution < -0.4 is 10.1 Å². The minimum atomic E-state index is -0.260. The van der Waals surface area contributed by atoms with Gasteiger partial charge in [-0.05, 0) is 33.7 Å². The molecule has 0 fully saturated rings. The number of aromatic nitrogens is 1. The van der Waals surface area contributed by atoms with Crippen LogP contribution in [0, 0.1) is 13.8 Å². The molecule has 0 spiro atoms. The number of aryl methyl sites for hydroxylation is 1. The summed E-state index contributed by atoms with van der Waals surface area (Å²) in [6.45, 7) is 7.29. The maximum absolute atomic E-state index is 9.15. The molecule has 1 aromatic heterocycles. The average Bonchev–Trinajstić information content (AvgIpc) is 2.27. The Hall–Kier alpha value is -1.13. The summed E-state index contributed by atoms with van der Waals surface area (Å²) in [6.07, 6.45) is 2.32. The van der Waals surface area contributed by atoms with Gasteiger partial charge in [0.15, 0.2) is 0 Å². The molecule has 1 unspecified atom stereocenters. The molecule has 0 bridgehead atoms. The van der Waals surface area contributed by atoms with E-state index >= 15 is 0 Å². The van der Waals surface area contributed by atoms with Gasteiger partial charge < -0.3 is 15.2 Å². The highest BCUT2D eigenvalue weighted by atomic mass is 16.5. The Balaban J connectivity index is 2.60. The first kappa shape index (κ1) is 13.9. The second-order valence-corrected chi connectivity index (χ2v) is 4.36. The Morgan fingerprint density at radius 3 is 2.76 bits per heavy atom. The van der Waals surface area contributed by atoms with Crippen LogP contribution in [-0.4, -0.2) is 29.8 Å². The highest BCUT2D eigenvalue weighted by molar-refractivity contribution is 5.40. The van der Waals surface area contributed by atoms with Gasteiger partial charge in [0, 0.05) is 23.9 Å². The molecule has 17 heavy (non-hydrogen) atoms. The first-order valence-electron chi connectivity index (χ1n) is 5.94. The lowest BCUT2D eigenvalue weighted by atomic mass is 10.1. The van der Waals surface area contributed by atoms with Crippen molar-refractivity contribution in [3.63, 3.8) is 0 Å². The van der Waals surface area contributed by atoms with Crippen molar-refractivity contribution in [2.24, 2.45) is 0 Å². The third-order valence-corrected chi connectivity index (χ3v) is 2.78. The summed E-state index contributed by atoms with van der Waals surface area (Å²) in [4.78, 5) is 4.40. The van der Waals surface area contributed by atoms with E-state index in [1.807, 2.05) is 20.0 Å². The van der Waals surface area contributed by atoms with Crippen LogP contribution in [0.1, 0.15) is 30.2 Å². The number of methoxy groups -OCH3 is 1. The standard InChI is InChI=1S/C13H22N2O2/c1-9-7-15-12(11(3)13(9)17-4)8-14-6-5-10(2)16/h7,10,14,16H,5-6,8H2,1-4H3. The van der Waals surface area contributed by atoms with Crippen LogP contribution in [0.3, 0.4) is 0 Å². The van der Waals surface area contributed by atoms with Gasteiger partial charge in [-0.2, -0.15) is 0 Å². The summed E-state index contributed by atoms with van der Waals surface area (Å²) >= 11 is 0. The normalized spacial score (nSPS) is 12.5. The van der Waals surface area contributed by atoms with Gasteiger partial charge in [0.1, 0.15) is 5.75 Å². The van der Waals surface area contributed by atoms with Crippen LogP contribution in [0.4, 0.5) is 0 Å². The first-order chi connectivity index (χ1) is 8.06. The highest BCUT2D eigenvalue weighted by Gasteiger charge is 2.08. The average molecular weight is 238 g/mol. The number of nitrogens with one attached hydrogen (secondary N) is 1. The zero-order chi connectivity index (χ0) is 12.8. The van der Waals surface area contributed by atoms with Crippen LogP contribution in [-0.2, 0) is 6.54 Å². The van der Waals surface area contributed by atoms with Gasteiger partial charge in [-0.3, -0.25) is 4.98 Å². The summed E-state index contributed by atoms with van der Waals surface area (Å²) in [5.74, 6) is 0.910. The fraction of sp³-hybridized carbons (Fsp3) is 0.615. The molecule has 4 nitrogen and oxygen atoms in total. The molecule has 0 amide bonds. The molecular formula is C13H22N2O2. The molecule has 0 aliphatic rings. The fourth-order valence-corrected chi connectivity index (χ4v) is 1.77. The summed E-state index contributed by atoms with van der Waals surface area (Å²) in [7, 11) is 1.68. The Morgan fingerprint density at radius 2 is 2.18 bits per heavy atom. The smallest absolute Gasteiger partial charge is 0.128 e. The van der Waals surface area contributed by atoms with Crippen molar-refractivity contribution >= 4 is 0 Å². The van der Waals surface area contributed by atoms with Crippen LogP contribution in [0.15, 0.2) is 6.20 Å². The fourth-order valence-electron chi connectivity index (χ4n) is 1.77. The van der Waals surface area contributed by atoms with Crippen molar-refractivity contribution in [1.29, 1.82) is 0 Å². The number of hydrogen-bond acceptors (Lipinski definition) is 4. The van der Waals surface area contributed by atoms with E-state index in [1.165, 1.54) is 0 Å². The molecule has 0 aromatic carbocycles. The van der Waals surface area contributed by atoms with Crippen molar-refractivity contribution in [1.82, 2.24) is 10.3 Å². The van der Waals surface area contributed by atoms with Crippen LogP contribution in [0.5, 0.6) is 5.75 Å². The van der Waals surface area contributed by atoms with E-state index in [0.29, 0.717) is 6.54 Å². The van der Waals surface area contributed by atoms with Crippen molar-refractivity contribution in [3.05, 3.63) is 23.0 Å². The van der Waals surface area contributed by atoms with Crippen molar-refractivity contribution in [2.75, 3.05) is 13.7 Å². The van der Waals surface area contributed by atoms with E-state index in [4.69, 9.17) is 9.84 Å². The predicted octanol–water partition coefficient (Wildman–Crippen LogP) is 1.57. The Bertz CT molecular complexity index is 365. The molecule has 0 saturated carbocycles. The van der Waals surface area contributed by atoms with Gasteiger partial charge in [0.25, 0.3) is 0 Å². The molecule has 4 heteroatoms. The molecule has 0 saturated heterocycles. The number of hydrogen-bond donors (Lipinski definition) is 2. The van der Waals surface area contributed by atoms with Gasteiger partial charge in [-0.25, -0.2) is 0 Å². The van der Waals surface area contributed by atoms with Gasteiger partial charge in [-0.15, -0.1) is 0 Å². The van der Waals surface area contributed by atoms with Crippen molar-refractivity contribution in [3.8, 4) is 5.75 Å². The molecule has 0 aliphatic heterocycles. The SMILES string of the molecule is COc1c(C)cnc(CNCCC(C)O)c1C. The molecule has 1 rings (SSSR count). The van der Waals surface area contributed by atoms with Gasteiger partial charge in [0.05, 0.1) is 18.9 Å². The quantitative estimate of drug-likeness (QED) is 0.739. The lowest BCUT2D eigenvalue weighted by Crippen LogP contribution is -2.20. The molecule has 0 aliphatic carbocycles. The molecule has 96 valence electrons. The van der Waals surface area contributed by atoms with Crippen LogP contribution in [0.25, 0.3) is 0 Å². The van der Waals surface area contributed by atoms with E-state index in [0.717, 1.165) is 35.5 Å². The number of aliphatic hydroxyl groups is 1. The predicted molar refractivity (Wildman–Crippen MR) is 68.3 cm³/mol. The molecule has 2 N–H and O–H groups in total. The zero-order valence-corrected chi connectivity index (χ0v) is 11.1. The second-order valence-electron chi connectivity index (χ2n) is 4.36. The third kappa shape index (κ3) is 3.98. The van der Waals surface area contributed by atoms with Gasteiger partial charge in [-0.1, -0.05) is 0 Å². The number of ether oxygens (including phenoxy) is 1. The molecular weight excluding hydrogens is 216 g/mol. The lowest BCUT2D eigenvalue weighted by Gasteiger charge is -2.13. The highest BCUT2D eigenvalue weighted by Crippen LogP contribution is 2.23. The Labute approximate surface area is 103 Å². The lowest BCUT2D eigenvalue weighted by molar-refractivity contribution is 0.183. The number of aliphatic hydroxyl groups excluding tert-OH is 1. The van der Waals surface area contributed by atoms with Gasteiger partial charge >= 0.3 is 0 Å². The summed E-state index contributed by atoms with van der Waals surface area (Å²) in [5.41, 5.74) is 3.13. The number of pyridine rings is 1. The summed E-state index contributed by atoms with van der Waals surface area (Å²) < 4.78 is 5.35. The largest absolute Gasteiger partial charge is 0.496 e. The zero-order valence-electron chi connectivity index (χ0n) is 11.1. The Kier molecular flexibility index (Phi) is 5.38. The molecule has 1 atom stereocenters. The van der Waals surface area contributed by atoms with Crippen LogP contribution in [0.2, 0.25) is 0 Å². The van der Waals surface area contributed by atoms with E-state index in [2.05, 4.69) is 10.3 Å². The summed E-state index contributed by atoms with van der Waals surface area (Å²) in [6, 6.07) is 0. The van der Waals surface area contributed by atoms with Crippen molar-refractivity contribution < 1.29 is 9.84 Å². The van der Waals surface area contributed by atoms with E-state index < -0.39 is 0 Å². The van der Waals surface area contributed by atoms with Crippen LogP contribution >= 0.6 is 0 Å². The monoisotopic (exact) mass is 238 g/mol. The molecule has 1 heterocycles. The molecule has 1 aromatic rings. The number of rotatable bonds is 6. The third-order valence-electron chi connectivity index (χ3n) is 2.78. The molecule has 0 radical (unpaired) electrons. The first-order valence-corrected chi connectivity index (χ1v) is 5.94. The number of nitrogens with zero attached hydrogens (tertiary/aromatic N) is 1. The maximum atomic E-state index is 9.15. The topological polar surface area (TPSA) is 54.4 Å². The second kappa shape index (κ2) is 6.57.